The van der Waals surface area contributed by atoms with E-state index in [0.717, 1.165) is 135 Å². The molecule has 66 heavy (non-hydrogen) atoms. The number of hydrogen-bond donors (Lipinski definition) is 1. The highest BCUT2D eigenvalue weighted by Crippen LogP contribution is 2.43. The molecule has 0 saturated heterocycles. The van der Waals surface area contributed by atoms with Crippen molar-refractivity contribution in [3.05, 3.63) is 109 Å². The Balaban J connectivity index is 4.24. The highest BCUT2D eigenvalue weighted by atomic mass is 31.2. The van der Waals surface area contributed by atoms with Crippen LogP contribution in [0.2, 0.25) is 0 Å². The maximum atomic E-state index is 12.7. The highest BCUT2D eigenvalue weighted by Gasteiger charge is 2.27. The molecule has 0 rings (SSSR count). The van der Waals surface area contributed by atoms with E-state index in [1.54, 1.807) is 0 Å². The molecule has 9 nitrogen and oxygen atoms in total. The van der Waals surface area contributed by atoms with Gasteiger partial charge in [0.1, 0.15) is 19.8 Å². The van der Waals surface area contributed by atoms with E-state index in [1.165, 1.54) is 12.8 Å². The van der Waals surface area contributed by atoms with Crippen molar-refractivity contribution in [1.82, 2.24) is 0 Å². The van der Waals surface area contributed by atoms with Crippen molar-refractivity contribution in [2.45, 2.75) is 187 Å². The normalized spacial score (nSPS) is 14.3. The van der Waals surface area contributed by atoms with Crippen molar-refractivity contribution >= 4 is 19.8 Å². The molecule has 0 aromatic heterocycles. The van der Waals surface area contributed by atoms with Crippen LogP contribution in [-0.4, -0.2) is 74.9 Å². The summed E-state index contributed by atoms with van der Waals surface area (Å²) in [7, 11) is 1.44. The Labute approximate surface area is 404 Å². The Kier molecular flexibility index (Phi) is 44.4. The molecule has 2 atom stereocenters. The molecule has 0 aliphatic carbocycles. The molecule has 0 aliphatic rings. The summed E-state index contributed by atoms with van der Waals surface area (Å²) in [4.78, 5) is 35.4. The van der Waals surface area contributed by atoms with Crippen molar-refractivity contribution in [2.75, 3.05) is 47.5 Å². The molecular weight excluding hydrogens is 846 g/mol. The third kappa shape index (κ3) is 50.1. The summed E-state index contributed by atoms with van der Waals surface area (Å²) >= 11 is 0. The molecule has 0 amide bonds. The average molecular weight is 941 g/mol. The molecule has 1 N–H and O–H groups in total. The summed E-state index contributed by atoms with van der Waals surface area (Å²) in [6.45, 7) is 4.22. The number of carbonyl (C=O) groups is 2. The smallest absolute Gasteiger partial charge is 0.462 e. The number of unbranched alkanes of at least 4 members (excludes halogenated alkanes) is 13. The van der Waals surface area contributed by atoms with Crippen molar-refractivity contribution in [2.24, 2.45) is 0 Å². The predicted octanol–water partition coefficient (Wildman–Crippen LogP) is 15.5. The second-order valence-corrected chi connectivity index (χ2v) is 19.3. The van der Waals surface area contributed by atoms with Crippen LogP contribution in [0.15, 0.2) is 109 Å². The number of phosphoric acid groups is 1. The summed E-state index contributed by atoms with van der Waals surface area (Å²) in [5, 5.41) is 0. The van der Waals surface area contributed by atoms with Crippen LogP contribution in [0.25, 0.3) is 0 Å². The SMILES string of the molecule is CC/C=C\C/C=C\C/C=C\C/C=C\C/C=C\C/C=C\C/C=C\C/C=C\CCCCCCCCC(=O)OC(COC(=O)CCCCCCC/C=C\CCCC)COP(=O)(O)OCC[N+](C)(C)C. The van der Waals surface area contributed by atoms with Gasteiger partial charge in [-0.25, -0.2) is 4.57 Å². The van der Waals surface area contributed by atoms with E-state index >= 15 is 0 Å². The number of allylic oxidation sites excluding steroid dienone is 18. The summed E-state index contributed by atoms with van der Waals surface area (Å²) in [6, 6.07) is 0. The van der Waals surface area contributed by atoms with Crippen molar-refractivity contribution in [3.63, 3.8) is 0 Å². The van der Waals surface area contributed by atoms with Gasteiger partial charge in [-0.3, -0.25) is 18.6 Å². The number of hydrogen-bond acceptors (Lipinski definition) is 7. The lowest BCUT2D eigenvalue weighted by atomic mass is 10.1. The minimum atomic E-state index is -4.39. The second kappa shape index (κ2) is 46.8. The Morgan fingerprint density at radius 2 is 0.864 bits per heavy atom. The summed E-state index contributed by atoms with van der Waals surface area (Å²) < 4.78 is 34.3. The fraction of sp³-hybridized carbons (Fsp3) is 0.643. The first-order valence-electron chi connectivity index (χ1n) is 25.6. The predicted molar refractivity (Wildman–Crippen MR) is 279 cm³/mol. The molecule has 0 aliphatic heterocycles. The maximum absolute atomic E-state index is 12.7. The van der Waals surface area contributed by atoms with E-state index in [2.05, 4.69) is 123 Å². The highest BCUT2D eigenvalue weighted by molar-refractivity contribution is 7.47. The Morgan fingerprint density at radius 1 is 0.485 bits per heavy atom. The lowest BCUT2D eigenvalue weighted by Crippen LogP contribution is -2.37. The number of carbonyl (C=O) groups excluding carboxylic acids is 2. The van der Waals surface area contributed by atoms with Gasteiger partial charge in [0.05, 0.1) is 27.7 Å². The molecule has 376 valence electrons. The topological polar surface area (TPSA) is 108 Å². The van der Waals surface area contributed by atoms with Gasteiger partial charge < -0.3 is 18.9 Å². The molecule has 0 fully saturated rings. The van der Waals surface area contributed by atoms with Crippen LogP contribution in [0.4, 0.5) is 0 Å². The van der Waals surface area contributed by atoms with E-state index < -0.39 is 26.5 Å². The zero-order valence-electron chi connectivity index (χ0n) is 42.4. The number of phosphoric ester groups is 1. The minimum absolute atomic E-state index is 0.0213. The molecule has 0 saturated carbocycles. The molecule has 0 bridgehead atoms. The van der Waals surface area contributed by atoms with Crippen LogP contribution in [0.1, 0.15) is 181 Å². The zero-order valence-corrected chi connectivity index (χ0v) is 43.3. The second-order valence-electron chi connectivity index (χ2n) is 17.8. The summed E-state index contributed by atoms with van der Waals surface area (Å²) in [5.74, 6) is -0.837. The quantitative estimate of drug-likeness (QED) is 0.0211. The van der Waals surface area contributed by atoms with Gasteiger partial charge in [0.25, 0.3) is 0 Å². The fourth-order valence-electron chi connectivity index (χ4n) is 6.30. The molecular formula is C56H95NO8P+. The molecule has 0 aromatic carbocycles. The molecule has 0 radical (unpaired) electrons. The van der Waals surface area contributed by atoms with Crippen molar-refractivity contribution < 1.29 is 42.1 Å². The first-order valence-corrected chi connectivity index (χ1v) is 27.1. The Bertz CT molecular complexity index is 1480. The van der Waals surface area contributed by atoms with Crippen molar-refractivity contribution in [1.29, 1.82) is 0 Å². The van der Waals surface area contributed by atoms with E-state index in [9.17, 15) is 19.0 Å². The number of rotatable bonds is 45. The van der Waals surface area contributed by atoms with Crippen LogP contribution in [0.3, 0.4) is 0 Å². The van der Waals surface area contributed by atoms with Gasteiger partial charge in [-0.2, -0.15) is 0 Å². The van der Waals surface area contributed by atoms with Gasteiger partial charge in [-0.15, -0.1) is 0 Å². The number of esters is 2. The third-order valence-corrected chi connectivity index (χ3v) is 11.3. The van der Waals surface area contributed by atoms with Gasteiger partial charge in [0.15, 0.2) is 6.10 Å². The lowest BCUT2D eigenvalue weighted by Gasteiger charge is -2.24. The van der Waals surface area contributed by atoms with Crippen LogP contribution < -0.4 is 0 Å². The van der Waals surface area contributed by atoms with Crippen LogP contribution in [-0.2, 0) is 32.7 Å². The fourth-order valence-corrected chi connectivity index (χ4v) is 7.05. The lowest BCUT2D eigenvalue weighted by molar-refractivity contribution is -0.870. The standard InChI is InChI=1S/C56H94NO8P/c1-6-8-10-12-14-16-18-19-20-21-22-23-24-25-26-27-28-29-30-31-32-33-34-35-36-37-39-41-43-45-47-49-56(59)65-54(53-64-66(60,61)63-51-50-57(3,4)5)52-62-55(58)48-46-44-42-40-38-17-15-13-11-9-7-2/h8,10,13-16,19-20,22-23,25-26,28-29,31-32,34-35,54H,6-7,9,11-12,17-18,21,24,27,30,33,36-53H2,1-5H3/p+1/b10-8-,15-13-,16-14-,20-19-,23-22-,26-25-,29-28-,32-31-,35-34-. The van der Waals surface area contributed by atoms with Gasteiger partial charge in [-0.05, 0) is 96.3 Å². The van der Waals surface area contributed by atoms with Crippen LogP contribution in [0.5, 0.6) is 0 Å². The first-order chi connectivity index (χ1) is 32.0. The monoisotopic (exact) mass is 941 g/mol. The zero-order chi connectivity index (χ0) is 48.5. The number of quaternary nitrogens is 1. The molecule has 0 heterocycles. The van der Waals surface area contributed by atoms with Gasteiger partial charge in [-0.1, -0.05) is 181 Å². The Hall–Kier alpha value is -3.33. The summed E-state index contributed by atoms with van der Waals surface area (Å²) in [5.41, 5.74) is 0. The number of ether oxygens (including phenoxy) is 2. The minimum Gasteiger partial charge on any atom is -0.462 e. The van der Waals surface area contributed by atoms with Gasteiger partial charge in [0.2, 0.25) is 0 Å². The number of nitrogens with zero attached hydrogens (tertiary/aromatic N) is 1. The van der Waals surface area contributed by atoms with E-state index in [-0.39, 0.29) is 32.0 Å². The van der Waals surface area contributed by atoms with E-state index in [1.807, 2.05) is 21.1 Å². The first kappa shape index (κ1) is 62.7. The van der Waals surface area contributed by atoms with Crippen molar-refractivity contribution in [3.8, 4) is 0 Å². The summed E-state index contributed by atoms with van der Waals surface area (Å²) in [6.07, 6.45) is 64.4. The van der Waals surface area contributed by atoms with E-state index in [0.29, 0.717) is 17.4 Å². The van der Waals surface area contributed by atoms with Gasteiger partial charge in [0, 0.05) is 12.8 Å². The third-order valence-electron chi connectivity index (χ3n) is 10.3. The average Bonchev–Trinajstić information content (AvgIpc) is 3.27. The molecule has 2 unspecified atom stereocenters. The van der Waals surface area contributed by atoms with Crippen LogP contribution in [0, 0.1) is 0 Å². The molecule has 0 spiro atoms. The van der Waals surface area contributed by atoms with E-state index in [4.69, 9.17) is 18.5 Å². The molecule has 0 aromatic rings. The van der Waals surface area contributed by atoms with Crippen LogP contribution >= 0.6 is 7.82 Å². The number of likely N-dealkylation sites (N-methyl/N-ethyl adjacent to an activating group) is 1. The maximum Gasteiger partial charge on any atom is 0.472 e. The molecule has 10 heteroatoms. The largest absolute Gasteiger partial charge is 0.472 e. The Morgan fingerprint density at radius 3 is 1.30 bits per heavy atom. The van der Waals surface area contributed by atoms with Gasteiger partial charge >= 0.3 is 19.8 Å².